The first-order valence-electron chi connectivity index (χ1n) is 20.6. The van der Waals surface area contributed by atoms with E-state index in [1.54, 1.807) is 0 Å². The van der Waals surface area contributed by atoms with Gasteiger partial charge in [-0.25, -0.2) is 0 Å². The van der Waals surface area contributed by atoms with E-state index in [2.05, 4.69) is 199 Å². The predicted molar refractivity (Wildman–Crippen MR) is 245 cm³/mol. The Hall–Kier alpha value is -7.88. The average molecular weight is 766 g/mol. The van der Waals surface area contributed by atoms with Gasteiger partial charge in [0, 0.05) is 11.4 Å². The summed E-state index contributed by atoms with van der Waals surface area (Å²) in [5.41, 5.74) is 21.2. The van der Waals surface area contributed by atoms with Crippen LogP contribution in [-0.4, -0.2) is 0 Å². The second-order valence-corrected chi connectivity index (χ2v) is 15.9. The molecule has 60 heavy (non-hydrogen) atoms. The van der Waals surface area contributed by atoms with Crippen LogP contribution in [0.4, 0.5) is 17.1 Å². The highest BCUT2D eigenvalue weighted by Gasteiger charge is 2.52. The zero-order valence-corrected chi connectivity index (χ0v) is 32.5. The van der Waals surface area contributed by atoms with E-state index in [0.717, 1.165) is 55.7 Å². The van der Waals surface area contributed by atoms with E-state index in [4.69, 9.17) is 8.83 Å². The maximum absolute atomic E-state index is 6.72. The molecule has 0 aliphatic heterocycles. The van der Waals surface area contributed by atoms with Crippen molar-refractivity contribution in [2.75, 3.05) is 4.90 Å². The molecule has 2 heterocycles. The lowest BCUT2D eigenvalue weighted by Crippen LogP contribution is -2.25. The molecule has 0 N–H and O–H groups in total. The maximum atomic E-state index is 6.72. The van der Waals surface area contributed by atoms with Crippen molar-refractivity contribution >= 4 is 50.2 Å². The first-order chi connectivity index (χ1) is 29.8. The van der Waals surface area contributed by atoms with Crippen LogP contribution in [0.2, 0.25) is 0 Å². The first-order valence-corrected chi connectivity index (χ1v) is 20.6. The van der Waals surface area contributed by atoms with Crippen LogP contribution in [0.5, 0.6) is 0 Å². The lowest BCUT2D eigenvalue weighted by atomic mass is 9.70. The summed E-state index contributed by atoms with van der Waals surface area (Å²) in [6.07, 6.45) is 0. The Morgan fingerprint density at radius 3 is 1.58 bits per heavy atom. The summed E-state index contributed by atoms with van der Waals surface area (Å²) in [4.78, 5) is 2.28. The van der Waals surface area contributed by atoms with E-state index < -0.39 is 0 Å². The van der Waals surface area contributed by atoms with Gasteiger partial charge in [-0.3, -0.25) is 0 Å². The molecule has 0 unspecified atom stereocenters. The van der Waals surface area contributed by atoms with Gasteiger partial charge in [0.25, 0.3) is 0 Å². The molecule has 3 nitrogen and oxygen atoms in total. The van der Waals surface area contributed by atoms with Crippen LogP contribution in [0, 0.1) is 0 Å². The first kappa shape index (κ1) is 33.1. The molecule has 13 rings (SSSR count). The van der Waals surface area contributed by atoms with Crippen LogP contribution in [0.1, 0.15) is 22.3 Å². The lowest BCUT2D eigenvalue weighted by Gasteiger charge is -2.30. The predicted octanol–water partition coefficient (Wildman–Crippen LogP) is 15.5. The van der Waals surface area contributed by atoms with Crippen molar-refractivity contribution in [1.82, 2.24) is 0 Å². The number of fused-ring (bicyclic) bond motifs is 15. The molecule has 0 saturated heterocycles. The molecule has 9 aromatic carbocycles. The summed E-state index contributed by atoms with van der Waals surface area (Å²) in [7, 11) is 0. The number of hydrogen-bond acceptors (Lipinski definition) is 3. The number of furan rings is 2. The van der Waals surface area contributed by atoms with E-state index in [0.29, 0.717) is 0 Å². The minimum absolute atomic E-state index is 0.390. The summed E-state index contributed by atoms with van der Waals surface area (Å²) in [5, 5.41) is 1.93. The van der Waals surface area contributed by atoms with Crippen LogP contribution < -0.4 is 4.90 Å². The molecule has 0 fully saturated rings. The number of benzene rings is 9. The summed E-state index contributed by atoms with van der Waals surface area (Å²) in [6, 6.07) is 76.7. The molecule has 0 radical (unpaired) electrons. The van der Waals surface area contributed by atoms with Crippen molar-refractivity contribution in [2.24, 2.45) is 0 Å². The Bertz CT molecular complexity index is 3450. The summed E-state index contributed by atoms with van der Waals surface area (Å²) < 4.78 is 13.1. The molecule has 2 aliphatic rings. The smallest absolute Gasteiger partial charge is 0.181 e. The van der Waals surface area contributed by atoms with Gasteiger partial charge in [-0.1, -0.05) is 164 Å². The molecule has 0 bridgehead atoms. The quantitative estimate of drug-likeness (QED) is 0.175. The molecule has 0 saturated carbocycles. The number of rotatable bonds is 5. The standard InChI is InChI=1S/C57H35NO2/c1-2-16-37(17-3-1)58(51-30-15-25-46-54(51)60-55-45-23-9-13-31-52(45)59-56(46)55)38-34-32-36(33-35-38)39-18-4-5-19-40(39)43-24-14-29-50-53(43)44-22-8-12-28-49(44)57(50)47-26-10-6-20-41(47)42-21-7-11-27-48(42)57/h1-35H. The monoisotopic (exact) mass is 765 g/mol. The second kappa shape index (κ2) is 12.6. The summed E-state index contributed by atoms with van der Waals surface area (Å²) in [5.74, 6) is 0. The van der Waals surface area contributed by atoms with Crippen LogP contribution in [0.15, 0.2) is 221 Å². The Balaban J connectivity index is 0.964. The van der Waals surface area contributed by atoms with Crippen molar-refractivity contribution in [3.8, 4) is 44.5 Å². The average Bonchev–Trinajstić information content (AvgIpc) is 4.04. The van der Waals surface area contributed by atoms with Crippen molar-refractivity contribution in [3.63, 3.8) is 0 Å². The third kappa shape index (κ3) is 4.44. The molecular weight excluding hydrogens is 731 g/mol. The number of anilines is 3. The Morgan fingerprint density at radius 1 is 0.317 bits per heavy atom. The minimum atomic E-state index is -0.390. The van der Waals surface area contributed by atoms with Gasteiger partial charge in [0.2, 0.25) is 0 Å². The molecule has 2 aliphatic carbocycles. The number of nitrogens with zero attached hydrogens (tertiary/aromatic N) is 1. The summed E-state index contributed by atoms with van der Waals surface area (Å²) in [6.45, 7) is 0. The van der Waals surface area contributed by atoms with E-state index in [9.17, 15) is 0 Å². The highest BCUT2D eigenvalue weighted by atomic mass is 16.4. The van der Waals surface area contributed by atoms with E-state index in [-0.39, 0.29) is 5.41 Å². The number of hydrogen-bond donors (Lipinski definition) is 0. The number of para-hydroxylation sites is 3. The van der Waals surface area contributed by atoms with Gasteiger partial charge < -0.3 is 13.7 Å². The molecule has 0 amide bonds. The van der Waals surface area contributed by atoms with E-state index >= 15 is 0 Å². The van der Waals surface area contributed by atoms with Crippen molar-refractivity contribution < 1.29 is 8.83 Å². The van der Waals surface area contributed by atoms with Gasteiger partial charge in [0.05, 0.1) is 21.9 Å². The Morgan fingerprint density at radius 2 is 0.833 bits per heavy atom. The van der Waals surface area contributed by atoms with Crippen LogP contribution in [-0.2, 0) is 5.41 Å². The molecule has 280 valence electrons. The van der Waals surface area contributed by atoms with Crippen molar-refractivity contribution in [1.29, 1.82) is 0 Å². The van der Waals surface area contributed by atoms with Gasteiger partial charge in [0.15, 0.2) is 16.7 Å². The zero-order valence-electron chi connectivity index (χ0n) is 32.5. The van der Waals surface area contributed by atoms with Crippen LogP contribution in [0.3, 0.4) is 0 Å². The van der Waals surface area contributed by atoms with Crippen LogP contribution in [0.25, 0.3) is 77.6 Å². The molecule has 1 spiro atoms. The maximum Gasteiger partial charge on any atom is 0.181 e. The minimum Gasteiger partial charge on any atom is -0.452 e. The van der Waals surface area contributed by atoms with Gasteiger partial charge in [-0.15, -0.1) is 0 Å². The Labute approximate surface area is 347 Å². The fraction of sp³-hybridized carbons (Fsp3) is 0.0175. The van der Waals surface area contributed by atoms with Crippen LogP contribution >= 0.6 is 0 Å². The van der Waals surface area contributed by atoms with Gasteiger partial charge >= 0.3 is 0 Å². The third-order valence-corrected chi connectivity index (χ3v) is 12.9. The highest BCUT2D eigenvalue weighted by Crippen LogP contribution is 2.64. The molecule has 0 atom stereocenters. The highest BCUT2D eigenvalue weighted by molar-refractivity contribution is 6.15. The SMILES string of the molecule is c1ccc(N(c2ccc(-c3ccccc3-c3cccc4c3-c3ccccc3C43c4ccccc4-c4ccccc43)cc2)c2cccc3c2oc2c4ccccc4oc32)cc1. The molecular formula is C57H35NO2. The molecule has 2 aromatic heterocycles. The molecule has 3 heteroatoms. The Kier molecular flexibility index (Phi) is 6.93. The van der Waals surface area contributed by atoms with E-state index in [1.165, 1.54) is 61.2 Å². The van der Waals surface area contributed by atoms with Gasteiger partial charge in [-0.2, -0.15) is 0 Å². The molecule has 11 aromatic rings. The van der Waals surface area contributed by atoms with Gasteiger partial charge in [0.1, 0.15) is 5.58 Å². The topological polar surface area (TPSA) is 29.5 Å². The fourth-order valence-corrected chi connectivity index (χ4v) is 10.5. The second-order valence-electron chi connectivity index (χ2n) is 15.9. The largest absolute Gasteiger partial charge is 0.452 e. The normalized spacial score (nSPS) is 13.1. The third-order valence-electron chi connectivity index (χ3n) is 12.9. The van der Waals surface area contributed by atoms with Gasteiger partial charge in [-0.05, 0) is 115 Å². The van der Waals surface area contributed by atoms with Crippen molar-refractivity contribution in [3.05, 3.63) is 235 Å². The lowest BCUT2D eigenvalue weighted by molar-refractivity contribution is 0.653. The fourth-order valence-electron chi connectivity index (χ4n) is 10.5. The van der Waals surface area contributed by atoms with Crippen molar-refractivity contribution in [2.45, 2.75) is 5.41 Å². The van der Waals surface area contributed by atoms with E-state index in [1.807, 2.05) is 18.2 Å². The summed E-state index contributed by atoms with van der Waals surface area (Å²) >= 11 is 0. The zero-order chi connectivity index (χ0) is 39.4.